The third-order valence-corrected chi connectivity index (χ3v) is 4.10. The Morgan fingerprint density at radius 2 is 1.59 bits per heavy atom. The van der Waals surface area contributed by atoms with Crippen molar-refractivity contribution >= 4 is 23.3 Å². The first kappa shape index (κ1) is 20.5. The van der Waals surface area contributed by atoms with Crippen LogP contribution in [0.15, 0.2) is 24.3 Å². The zero-order valence-electron chi connectivity index (χ0n) is 17.0. The van der Waals surface area contributed by atoms with Crippen LogP contribution in [0.2, 0.25) is 0 Å². The Hall–Kier alpha value is -2.83. The average Bonchev–Trinajstić information content (AvgIpc) is 2.63. The zero-order valence-corrected chi connectivity index (χ0v) is 17.0. The molecule has 0 aliphatic heterocycles. The second-order valence-electron chi connectivity index (χ2n) is 6.71. The summed E-state index contributed by atoms with van der Waals surface area (Å²) in [6.07, 6.45) is 0.752. The first-order valence-electron chi connectivity index (χ1n) is 8.99. The Morgan fingerprint density at radius 3 is 2.04 bits per heavy atom. The number of aromatic nitrogens is 2. The summed E-state index contributed by atoms with van der Waals surface area (Å²) in [6, 6.07) is 8.27. The number of rotatable bonds is 8. The number of methoxy groups -OCH3 is 1. The highest BCUT2D eigenvalue weighted by atomic mass is 16.5. The maximum Gasteiger partial charge on any atom is 0.310 e. The number of hydrogen-bond donors (Lipinski definition) is 1. The van der Waals surface area contributed by atoms with Crippen molar-refractivity contribution < 1.29 is 9.53 Å². The standard InChI is InChI=1S/C20H29N5O2/c1-7-21-15-10-8-14(9-11-15)12-17-22-19(24(2)3)16(13-18(26)27-6)20(23-17)25(4)5/h8-11,21H,7,12-13H2,1-6H3. The lowest BCUT2D eigenvalue weighted by Gasteiger charge is -2.23. The molecule has 1 aromatic heterocycles. The van der Waals surface area contributed by atoms with Crippen LogP contribution in [-0.2, 0) is 22.4 Å². The van der Waals surface area contributed by atoms with Gasteiger partial charge in [0.15, 0.2) is 0 Å². The Bertz CT molecular complexity index is 743. The van der Waals surface area contributed by atoms with Crippen molar-refractivity contribution in [1.29, 1.82) is 0 Å². The van der Waals surface area contributed by atoms with Crippen LogP contribution in [-0.4, -0.2) is 57.8 Å². The van der Waals surface area contributed by atoms with Crippen LogP contribution in [0.3, 0.4) is 0 Å². The van der Waals surface area contributed by atoms with E-state index in [1.807, 2.05) is 38.0 Å². The molecule has 27 heavy (non-hydrogen) atoms. The van der Waals surface area contributed by atoms with Crippen molar-refractivity contribution in [2.24, 2.45) is 0 Å². The number of ether oxygens (including phenoxy) is 1. The normalized spacial score (nSPS) is 10.4. The highest BCUT2D eigenvalue weighted by Gasteiger charge is 2.20. The molecule has 0 saturated heterocycles. The van der Waals surface area contributed by atoms with Crippen molar-refractivity contribution in [3.05, 3.63) is 41.2 Å². The molecule has 146 valence electrons. The fourth-order valence-electron chi connectivity index (χ4n) is 2.83. The molecule has 0 aliphatic rings. The molecule has 0 amide bonds. The maximum absolute atomic E-state index is 11.9. The Balaban J connectivity index is 2.40. The zero-order chi connectivity index (χ0) is 20.0. The molecule has 1 heterocycles. The van der Waals surface area contributed by atoms with Gasteiger partial charge in [-0.2, -0.15) is 0 Å². The van der Waals surface area contributed by atoms with Gasteiger partial charge in [-0.15, -0.1) is 0 Å². The molecule has 1 aromatic carbocycles. The van der Waals surface area contributed by atoms with Crippen LogP contribution < -0.4 is 15.1 Å². The van der Waals surface area contributed by atoms with E-state index in [0.717, 1.165) is 35.0 Å². The molecule has 2 aromatic rings. The molecule has 1 N–H and O–H groups in total. The van der Waals surface area contributed by atoms with Crippen LogP contribution in [0.25, 0.3) is 0 Å². The molecular formula is C20H29N5O2. The monoisotopic (exact) mass is 371 g/mol. The predicted molar refractivity (Wildman–Crippen MR) is 110 cm³/mol. The number of benzene rings is 1. The molecule has 0 unspecified atom stereocenters. The van der Waals surface area contributed by atoms with E-state index < -0.39 is 0 Å². The second kappa shape index (κ2) is 9.21. The van der Waals surface area contributed by atoms with Gasteiger partial charge in [0.05, 0.1) is 13.5 Å². The van der Waals surface area contributed by atoms with Crippen molar-refractivity contribution in [1.82, 2.24) is 9.97 Å². The molecule has 0 atom stereocenters. The second-order valence-corrected chi connectivity index (χ2v) is 6.71. The first-order valence-corrected chi connectivity index (χ1v) is 8.99. The van der Waals surface area contributed by atoms with Crippen molar-refractivity contribution in [3.63, 3.8) is 0 Å². The van der Waals surface area contributed by atoms with Gasteiger partial charge in [-0.05, 0) is 24.6 Å². The van der Waals surface area contributed by atoms with E-state index in [1.54, 1.807) is 0 Å². The molecule has 0 radical (unpaired) electrons. The minimum Gasteiger partial charge on any atom is -0.469 e. The smallest absolute Gasteiger partial charge is 0.310 e. The van der Waals surface area contributed by atoms with Gasteiger partial charge in [0.25, 0.3) is 0 Å². The highest BCUT2D eigenvalue weighted by molar-refractivity contribution is 5.77. The average molecular weight is 371 g/mol. The maximum atomic E-state index is 11.9. The van der Waals surface area contributed by atoms with Crippen LogP contribution in [0.4, 0.5) is 17.3 Å². The number of esters is 1. The third-order valence-electron chi connectivity index (χ3n) is 4.10. The van der Waals surface area contributed by atoms with Crippen LogP contribution >= 0.6 is 0 Å². The fraction of sp³-hybridized carbons (Fsp3) is 0.450. The Kier molecular flexibility index (Phi) is 6.98. The van der Waals surface area contributed by atoms with E-state index in [2.05, 4.69) is 36.5 Å². The molecular weight excluding hydrogens is 342 g/mol. The van der Waals surface area contributed by atoms with Gasteiger partial charge in [0.1, 0.15) is 17.5 Å². The van der Waals surface area contributed by atoms with E-state index in [0.29, 0.717) is 12.2 Å². The van der Waals surface area contributed by atoms with E-state index in [4.69, 9.17) is 14.7 Å². The van der Waals surface area contributed by atoms with Crippen LogP contribution in [0.1, 0.15) is 23.9 Å². The summed E-state index contributed by atoms with van der Waals surface area (Å²) in [4.78, 5) is 25.1. The number of nitrogens with one attached hydrogen (secondary N) is 1. The summed E-state index contributed by atoms with van der Waals surface area (Å²) in [5, 5.41) is 3.29. The first-order chi connectivity index (χ1) is 12.8. The quantitative estimate of drug-likeness (QED) is 0.714. The van der Waals surface area contributed by atoms with Crippen LogP contribution in [0, 0.1) is 0 Å². The Morgan fingerprint density at radius 1 is 1.04 bits per heavy atom. The SMILES string of the molecule is CCNc1ccc(Cc2nc(N(C)C)c(CC(=O)OC)c(N(C)C)n2)cc1. The molecule has 7 nitrogen and oxygen atoms in total. The topological polar surface area (TPSA) is 70.6 Å². The van der Waals surface area contributed by atoms with Crippen molar-refractivity contribution in [2.45, 2.75) is 19.8 Å². The summed E-state index contributed by atoms with van der Waals surface area (Å²) < 4.78 is 4.84. The lowest BCUT2D eigenvalue weighted by Crippen LogP contribution is -2.23. The van der Waals surface area contributed by atoms with Gasteiger partial charge in [-0.25, -0.2) is 9.97 Å². The van der Waals surface area contributed by atoms with Crippen molar-refractivity contribution in [3.8, 4) is 0 Å². The van der Waals surface area contributed by atoms with Gasteiger partial charge in [0, 0.05) is 52.4 Å². The van der Waals surface area contributed by atoms with Crippen molar-refractivity contribution in [2.75, 3.05) is 57.0 Å². The van der Waals surface area contributed by atoms with Gasteiger partial charge >= 0.3 is 5.97 Å². The molecule has 0 spiro atoms. The summed E-state index contributed by atoms with van der Waals surface area (Å²) in [6.45, 7) is 2.96. The molecule has 0 saturated carbocycles. The molecule has 7 heteroatoms. The van der Waals surface area contributed by atoms with Gasteiger partial charge in [-0.1, -0.05) is 12.1 Å². The molecule has 0 fully saturated rings. The summed E-state index contributed by atoms with van der Waals surface area (Å²) >= 11 is 0. The molecule has 2 rings (SSSR count). The minimum atomic E-state index is -0.309. The van der Waals surface area contributed by atoms with E-state index in [9.17, 15) is 4.79 Å². The van der Waals surface area contributed by atoms with E-state index >= 15 is 0 Å². The summed E-state index contributed by atoms with van der Waals surface area (Å²) in [5.74, 6) is 1.88. The number of carbonyl (C=O) groups excluding carboxylic acids is 1. The van der Waals surface area contributed by atoms with E-state index in [1.165, 1.54) is 7.11 Å². The number of hydrogen-bond acceptors (Lipinski definition) is 7. The lowest BCUT2D eigenvalue weighted by atomic mass is 10.1. The number of anilines is 3. The third kappa shape index (κ3) is 5.32. The molecule has 0 bridgehead atoms. The lowest BCUT2D eigenvalue weighted by molar-refractivity contribution is -0.139. The minimum absolute atomic E-state index is 0.134. The summed E-state index contributed by atoms with van der Waals surface area (Å²) in [7, 11) is 9.05. The van der Waals surface area contributed by atoms with Gasteiger partial charge < -0.3 is 19.9 Å². The fourth-order valence-corrected chi connectivity index (χ4v) is 2.83. The largest absolute Gasteiger partial charge is 0.469 e. The number of nitrogens with zero attached hydrogens (tertiary/aromatic N) is 4. The summed E-state index contributed by atoms with van der Waals surface area (Å²) in [5.41, 5.74) is 2.99. The highest BCUT2D eigenvalue weighted by Crippen LogP contribution is 2.27. The Labute approximate surface area is 161 Å². The van der Waals surface area contributed by atoms with Gasteiger partial charge in [0.2, 0.25) is 0 Å². The van der Waals surface area contributed by atoms with Gasteiger partial charge in [-0.3, -0.25) is 4.79 Å². The van der Waals surface area contributed by atoms with Crippen LogP contribution in [0.5, 0.6) is 0 Å². The molecule has 0 aliphatic carbocycles. The van der Waals surface area contributed by atoms with E-state index in [-0.39, 0.29) is 12.4 Å². The number of carbonyl (C=O) groups is 1. The predicted octanol–water partition coefficient (Wildman–Crippen LogP) is 2.35.